The molecule has 0 bridgehead atoms. The molecule has 1 aromatic carbocycles. The molecule has 0 fully saturated rings. The van der Waals surface area contributed by atoms with Gasteiger partial charge in [0.15, 0.2) is 0 Å². The first kappa shape index (κ1) is 15.0. The number of halogens is 1. The minimum Gasteiger partial charge on any atom is -0.439 e. The zero-order valence-electron chi connectivity index (χ0n) is 12.0. The van der Waals surface area contributed by atoms with Crippen LogP contribution >= 0.6 is 15.9 Å². The van der Waals surface area contributed by atoms with E-state index < -0.39 is 0 Å². The molecule has 0 aliphatic heterocycles. The second kappa shape index (κ2) is 6.86. The second-order valence-corrected chi connectivity index (χ2v) is 5.62. The van der Waals surface area contributed by atoms with Gasteiger partial charge in [0, 0.05) is 22.3 Å². The lowest BCUT2D eigenvalue weighted by Crippen LogP contribution is -2.14. The number of pyridine rings is 1. The van der Waals surface area contributed by atoms with Crippen molar-refractivity contribution in [2.24, 2.45) is 0 Å². The maximum Gasteiger partial charge on any atom is 0.224 e. The molecule has 1 heterocycles. The van der Waals surface area contributed by atoms with Gasteiger partial charge in [-0.1, -0.05) is 22.9 Å². The summed E-state index contributed by atoms with van der Waals surface area (Å²) in [4.78, 5) is 4.53. The zero-order valence-corrected chi connectivity index (χ0v) is 13.6. The quantitative estimate of drug-likeness (QED) is 0.881. The summed E-state index contributed by atoms with van der Waals surface area (Å²) in [6, 6.07) is 9.87. The Balaban J connectivity index is 2.31. The fourth-order valence-electron chi connectivity index (χ4n) is 1.99. The zero-order chi connectivity index (χ0) is 14.5. The van der Waals surface area contributed by atoms with Gasteiger partial charge in [0.1, 0.15) is 5.75 Å². The Kier molecular flexibility index (Phi) is 5.15. The molecule has 106 valence electrons. The Labute approximate surface area is 128 Å². The number of aryl methyl sites for hydroxylation is 2. The van der Waals surface area contributed by atoms with Crippen LogP contribution in [0.1, 0.15) is 23.7 Å². The van der Waals surface area contributed by atoms with Gasteiger partial charge in [0.2, 0.25) is 5.88 Å². The van der Waals surface area contributed by atoms with Crippen LogP contribution in [-0.4, -0.2) is 11.5 Å². The van der Waals surface area contributed by atoms with Gasteiger partial charge >= 0.3 is 0 Å². The van der Waals surface area contributed by atoms with Crippen molar-refractivity contribution in [2.75, 3.05) is 6.54 Å². The number of hydrogen-bond acceptors (Lipinski definition) is 3. The highest BCUT2D eigenvalue weighted by molar-refractivity contribution is 9.10. The standard InChI is InChI=1S/C16H19BrN2O/c1-4-18-10-15-11(2)9-12(3)19-16(15)20-14-7-5-13(17)6-8-14/h5-9,18H,4,10H2,1-3H3. The maximum atomic E-state index is 5.95. The van der Waals surface area contributed by atoms with Crippen molar-refractivity contribution in [1.29, 1.82) is 0 Å². The Morgan fingerprint density at radius 1 is 1.20 bits per heavy atom. The summed E-state index contributed by atoms with van der Waals surface area (Å²) in [6.45, 7) is 7.85. The molecule has 0 unspecified atom stereocenters. The van der Waals surface area contributed by atoms with Crippen molar-refractivity contribution < 1.29 is 4.74 Å². The molecule has 4 heteroatoms. The summed E-state index contributed by atoms with van der Waals surface area (Å²) in [5, 5.41) is 3.33. The Bertz CT molecular complexity index is 582. The number of hydrogen-bond donors (Lipinski definition) is 1. The van der Waals surface area contributed by atoms with E-state index in [1.54, 1.807) is 0 Å². The first-order valence-corrected chi connectivity index (χ1v) is 7.50. The minimum atomic E-state index is 0.686. The Morgan fingerprint density at radius 2 is 1.90 bits per heavy atom. The average Bonchev–Trinajstić information content (AvgIpc) is 2.40. The van der Waals surface area contributed by atoms with Crippen LogP contribution in [-0.2, 0) is 6.54 Å². The number of ether oxygens (including phenoxy) is 1. The van der Waals surface area contributed by atoms with Crippen LogP contribution in [0.4, 0.5) is 0 Å². The van der Waals surface area contributed by atoms with Crippen molar-refractivity contribution in [3.8, 4) is 11.6 Å². The van der Waals surface area contributed by atoms with Crippen LogP contribution in [0.15, 0.2) is 34.8 Å². The molecule has 1 N–H and O–H groups in total. The van der Waals surface area contributed by atoms with Crippen molar-refractivity contribution in [1.82, 2.24) is 10.3 Å². The van der Waals surface area contributed by atoms with E-state index in [1.165, 1.54) is 5.56 Å². The van der Waals surface area contributed by atoms with E-state index in [4.69, 9.17) is 4.74 Å². The molecule has 3 nitrogen and oxygen atoms in total. The molecular formula is C16H19BrN2O. The highest BCUT2D eigenvalue weighted by atomic mass is 79.9. The van der Waals surface area contributed by atoms with Gasteiger partial charge in [-0.05, 0) is 56.3 Å². The van der Waals surface area contributed by atoms with E-state index in [0.717, 1.165) is 34.6 Å². The second-order valence-electron chi connectivity index (χ2n) is 4.70. The molecule has 0 aliphatic rings. The molecule has 0 atom stereocenters. The van der Waals surface area contributed by atoms with Crippen LogP contribution in [0.3, 0.4) is 0 Å². The van der Waals surface area contributed by atoms with Gasteiger partial charge in [-0.3, -0.25) is 0 Å². The number of rotatable bonds is 5. The van der Waals surface area contributed by atoms with Crippen LogP contribution in [0, 0.1) is 13.8 Å². The van der Waals surface area contributed by atoms with Crippen LogP contribution in [0.2, 0.25) is 0 Å². The summed E-state index contributed by atoms with van der Waals surface area (Å²) in [5.74, 6) is 1.48. The van der Waals surface area contributed by atoms with Gasteiger partial charge in [0.05, 0.1) is 0 Å². The lowest BCUT2D eigenvalue weighted by Gasteiger charge is -2.14. The van der Waals surface area contributed by atoms with Gasteiger partial charge in [-0.15, -0.1) is 0 Å². The number of benzene rings is 1. The van der Waals surface area contributed by atoms with Crippen LogP contribution in [0.25, 0.3) is 0 Å². The van der Waals surface area contributed by atoms with Crippen LogP contribution in [0.5, 0.6) is 11.6 Å². The van der Waals surface area contributed by atoms with Crippen molar-refractivity contribution in [3.63, 3.8) is 0 Å². The summed E-state index contributed by atoms with van der Waals surface area (Å²) in [6.07, 6.45) is 0. The molecule has 0 aliphatic carbocycles. The molecule has 1 aromatic heterocycles. The summed E-state index contributed by atoms with van der Waals surface area (Å²) in [5.41, 5.74) is 3.28. The number of nitrogens with one attached hydrogen (secondary N) is 1. The third-order valence-corrected chi connectivity index (χ3v) is 3.55. The minimum absolute atomic E-state index is 0.686. The van der Waals surface area contributed by atoms with Crippen molar-refractivity contribution in [2.45, 2.75) is 27.3 Å². The average molecular weight is 335 g/mol. The molecule has 2 aromatic rings. The van der Waals surface area contributed by atoms with E-state index in [-0.39, 0.29) is 0 Å². The first-order valence-electron chi connectivity index (χ1n) is 6.71. The lowest BCUT2D eigenvalue weighted by molar-refractivity contribution is 0.451. The highest BCUT2D eigenvalue weighted by Crippen LogP contribution is 2.27. The van der Waals surface area contributed by atoms with E-state index in [0.29, 0.717) is 5.88 Å². The maximum absolute atomic E-state index is 5.95. The molecule has 2 rings (SSSR count). The molecule has 0 radical (unpaired) electrons. The van der Waals surface area contributed by atoms with E-state index in [2.05, 4.69) is 46.1 Å². The first-order chi connectivity index (χ1) is 9.60. The summed E-state index contributed by atoms with van der Waals surface area (Å²) in [7, 11) is 0. The molecular weight excluding hydrogens is 316 g/mol. The van der Waals surface area contributed by atoms with Gasteiger partial charge in [0.25, 0.3) is 0 Å². The van der Waals surface area contributed by atoms with Crippen LogP contribution < -0.4 is 10.1 Å². The summed E-state index contributed by atoms with van der Waals surface area (Å²) >= 11 is 3.42. The smallest absolute Gasteiger partial charge is 0.224 e. The number of aromatic nitrogens is 1. The lowest BCUT2D eigenvalue weighted by atomic mass is 10.1. The van der Waals surface area contributed by atoms with Crippen molar-refractivity contribution in [3.05, 3.63) is 51.6 Å². The fourth-order valence-corrected chi connectivity index (χ4v) is 2.26. The van der Waals surface area contributed by atoms with Gasteiger partial charge in [-0.2, -0.15) is 0 Å². The monoisotopic (exact) mass is 334 g/mol. The molecule has 0 spiro atoms. The molecule has 0 saturated carbocycles. The van der Waals surface area contributed by atoms with Crippen molar-refractivity contribution >= 4 is 15.9 Å². The molecule has 0 saturated heterocycles. The Hall–Kier alpha value is -1.39. The highest BCUT2D eigenvalue weighted by Gasteiger charge is 2.11. The van der Waals surface area contributed by atoms with E-state index in [1.807, 2.05) is 31.2 Å². The number of nitrogens with zero attached hydrogens (tertiary/aromatic N) is 1. The van der Waals surface area contributed by atoms with E-state index in [9.17, 15) is 0 Å². The SMILES string of the molecule is CCNCc1c(C)cc(C)nc1Oc1ccc(Br)cc1. The predicted molar refractivity (Wildman–Crippen MR) is 85.3 cm³/mol. The third-order valence-electron chi connectivity index (χ3n) is 3.02. The van der Waals surface area contributed by atoms with E-state index >= 15 is 0 Å². The van der Waals surface area contributed by atoms with Gasteiger partial charge < -0.3 is 10.1 Å². The Morgan fingerprint density at radius 3 is 2.55 bits per heavy atom. The topological polar surface area (TPSA) is 34.2 Å². The largest absolute Gasteiger partial charge is 0.439 e. The molecule has 0 amide bonds. The van der Waals surface area contributed by atoms with Gasteiger partial charge in [-0.25, -0.2) is 4.98 Å². The molecule has 20 heavy (non-hydrogen) atoms. The predicted octanol–water partition coefficient (Wildman–Crippen LogP) is 4.36. The third kappa shape index (κ3) is 3.81. The fraction of sp³-hybridized carbons (Fsp3) is 0.312. The summed E-state index contributed by atoms with van der Waals surface area (Å²) < 4.78 is 6.98. The normalized spacial score (nSPS) is 10.6.